The van der Waals surface area contributed by atoms with Gasteiger partial charge in [0.15, 0.2) is 0 Å². The molecule has 2 atom stereocenters. The van der Waals surface area contributed by atoms with E-state index in [1.807, 2.05) is 19.0 Å². The van der Waals surface area contributed by atoms with Crippen molar-refractivity contribution >= 4 is 5.91 Å². The van der Waals surface area contributed by atoms with Crippen molar-refractivity contribution in [2.45, 2.75) is 38.9 Å². The molecule has 0 spiro atoms. The van der Waals surface area contributed by atoms with Crippen LogP contribution in [0.5, 0.6) is 0 Å². The lowest BCUT2D eigenvalue weighted by molar-refractivity contribution is -0.128. The molecule has 1 fully saturated rings. The quantitative estimate of drug-likeness (QED) is 0.722. The fourth-order valence-electron chi connectivity index (χ4n) is 1.80. The standard InChI is InChI=1S/C11H23N3O/c1-5-6-10-12-7-11(15)14(10)8-9(2)13(3)4/h9-10,12H,5-8H2,1-4H3. The third-order valence-electron chi connectivity index (χ3n) is 3.09. The Morgan fingerprint density at radius 2 is 2.27 bits per heavy atom. The predicted molar refractivity (Wildman–Crippen MR) is 61.6 cm³/mol. The number of nitrogens with one attached hydrogen (secondary N) is 1. The van der Waals surface area contributed by atoms with Crippen LogP contribution in [-0.2, 0) is 4.79 Å². The van der Waals surface area contributed by atoms with Gasteiger partial charge in [-0.05, 0) is 27.4 Å². The van der Waals surface area contributed by atoms with Crippen molar-refractivity contribution in [3.05, 3.63) is 0 Å². The van der Waals surface area contributed by atoms with Crippen molar-refractivity contribution in [3.63, 3.8) is 0 Å². The summed E-state index contributed by atoms with van der Waals surface area (Å²) in [6.07, 6.45) is 2.41. The van der Waals surface area contributed by atoms with E-state index < -0.39 is 0 Å². The third-order valence-corrected chi connectivity index (χ3v) is 3.09. The van der Waals surface area contributed by atoms with Gasteiger partial charge in [-0.3, -0.25) is 10.1 Å². The van der Waals surface area contributed by atoms with E-state index in [-0.39, 0.29) is 12.1 Å². The Balaban J connectivity index is 2.52. The highest BCUT2D eigenvalue weighted by atomic mass is 16.2. The summed E-state index contributed by atoms with van der Waals surface area (Å²) in [5.41, 5.74) is 0. The molecule has 15 heavy (non-hydrogen) atoms. The Morgan fingerprint density at radius 1 is 1.60 bits per heavy atom. The average molecular weight is 213 g/mol. The zero-order valence-corrected chi connectivity index (χ0v) is 10.3. The van der Waals surface area contributed by atoms with Crippen molar-refractivity contribution in [2.75, 3.05) is 27.2 Å². The summed E-state index contributed by atoms with van der Waals surface area (Å²) >= 11 is 0. The second kappa shape index (κ2) is 5.47. The third kappa shape index (κ3) is 3.18. The van der Waals surface area contributed by atoms with Gasteiger partial charge in [-0.1, -0.05) is 13.3 Å². The molecule has 88 valence electrons. The topological polar surface area (TPSA) is 35.6 Å². The molecule has 1 rings (SSSR count). The van der Waals surface area contributed by atoms with Gasteiger partial charge in [0.2, 0.25) is 5.91 Å². The number of amides is 1. The Bertz CT molecular complexity index is 218. The van der Waals surface area contributed by atoms with Gasteiger partial charge in [0.25, 0.3) is 0 Å². The first kappa shape index (κ1) is 12.5. The minimum atomic E-state index is 0.238. The van der Waals surface area contributed by atoms with Gasteiger partial charge in [-0.25, -0.2) is 0 Å². The van der Waals surface area contributed by atoms with E-state index in [0.29, 0.717) is 12.6 Å². The summed E-state index contributed by atoms with van der Waals surface area (Å²) in [6, 6.07) is 0.410. The van der Waals surface area contributed by atoms with Crippen LogP contribution < -0.4 is 5.32 Å². The van der Waals surface area contributed by atoms with Crippen LogP contribution in [0.4, 0.5) is 0 Å². The zero-order valence-electron chi connectivity index (χ0n) is 10.3. The van der Waals surface area contributed by atoms with Crippen molar-refractivity contribution in [1.29, 1.82) is 0 Å². The Hall–Kier alpha value is -0.610. The maximum Gasteiger partial charge on any atom is 0.237 e. The summed E-state index contributed by atoms with van der Waals surface area (Å²) in [6.45, 7) is 5.63. The molecular weight excluding hydrogens is 190 g/mol. The van der Waals surface area contributed by atoms with Crippen LogP contribution >= 0.6 is 0 Å². The van der Waals surface area contributed by atoms with E-state index in [0.717, 1.165) is 19.4 Å². The predicted octanol–water partition coefficient (Wildman–Crippen LogP) is 0.495. The van der Waals surface area contributed by atoms with E-state index in [4.69, 9.17) is 0 Å². The number of carbonyl (C=O) groups excluding carboxylic acids is 1. The molecule has 0 bridgehead atoms. The smallest absolute Gasteiger partial charge is 0.237 e. The lowest BCUT2D eigenvalue weighted by Crippen LogP contribution is -2.44. The van der Waals surface area contributed by atoms with E-state index in [2.05, 4.69) is 24.1 Å². The van der Waals surface area contributed by atoms with Crippen LogP contribution in [0.25, 0.3) is 0 Å². The van der Waals surface area contributed by atoms with Gasteiger partial charge in [0.1, 0.15) is 0 Å². The highest BCUT2D eigenvalue weighted by Crippen LogP contribution is 2.12. The van der Waals surface area contributed by atoms with Crippen LogP contribution in [0.2, 0.25) is 0 Å². The Morgan fingerprint density at radius 3 is 2.80 bits per heavy atom. The minimum Gasteiger partial charge on any atom is -0.324 e. The van der Waals surface area contributed by atoms with Gasteiger partial charge in [0, 0.05) is 12.6 Å². The summed E-state index contributed by atoms with van der Waals surface area (Å²) in [7, 11) is 4.10. The number of likely N-dealkylation sites (N-methyl/N-ethyl adjacent to an activating group) is 1. The molecule has 0 aliphatic carbocycles. The van der Waals surface area contributed by atoms with Crippen LogP contribution in [-0.4, -0.2) is 55.1 Å². The fourth-order valence-corrected chi connectivity index (χ4v) is 1.80. The molecule has 1 aliphatic rings. The lowest BCUT2D eigenvalue weighted by atomic mass is 10.2. The molecule has 1 aliphatic heterocycles. The Labute approximate surface area is 92.6 Å². The number of carbonyl (C=O) groups is 1. The normalized spacial score (nSPS) is 23.9. The molecule has 1 amide bonds. The first-order valence-corrected chi connectivity index (χ1v) is 5.75. The highest BCUT2D eigenvalue weighted by molar-refractivity contribution is 5.80. The summed E-state index contributed by atoms with van der Waals surface area (Å²) in [5, 5.41) is 3.26. The number of hydrogen-bond acceptors (Lipinski definition) is 3. The molecule has 1 heterocycles. The molecule has 4 heteroatoms. The van der Waals surface area contributed by atoms with Crippen LogP contribution in [0.15, 0.2) is 0 Å². The summed E-state index contributed by atoms with van der Waals surface area (Å²) in [5.74, 6) is 0.238. The number of rotatable bonds is 5. The van der Waals surface area contributed by atoms with Gasteiger partial charge in [0.05, 0.1) is 12.7 Å². The maximum atomic E-state index is 11.7. The first-order chi connectivity index (χ1) is 7.06. The molecule has 1 N–H and O–H groups in total. The van der Waals surface area contributed by atoms with Crippen molar-refractivity contribution in [2.24, 2.45) is 0 Å². The van der Waals surface area contributed by atoms with Crippen molar-refractivity contribution in [1.82, 2.24) is 15.1 Å². The van der Waals surface area contributed by atoms with Gasteiger partial charge in [-0.15, -0.1) is 0 Å². The molecule has 0 aromatic rings. The van der Waals surface area contributed by atoms with Gasteiger partial charge >= 0.3 is 0 Å². The Kier molecular flexibility index (Phi) is 4.54. The van der Waals surface area contributed by atoms with Gasteiger partial charge < -0.3 is 9.80 Å². The molecule has 1 saturated heterocycles. The van der Waals surface area contributed by atoms with Crippen LogP contribution in [0, 0.1) is 0 Å². The number of nitrogens with zero attached hydrogens (tertiary/aromatic N) is 2. The average Bonchev–Trinajstić information content (AvgIpc) is 2.50. The van der Waals surface area contributed by atoms with Crippen molar-refractivity contribution < 1.29 is 4.79 Å². The molecule has 0 aromatic carbocycles. The highest BCUT2D eigenvalue weighted by Gasteiger charge is 2.30. The molecule has 2 unspecified atom stereocenters. The molecule has 0 aromatic heterocycles. The lowest BCUT2D eigenvalue weighted by Gasteiger charge is -2.29. The summed E-state index contributed by atoms with van der Waals surface area (Å²) in [4.78, 5) is 15.8. The minimum absolute atomic E-state index is 0.238. The monoisotopic (exact) mass is 213 g/mol. The molecule has 0 radical (unpaired) electrons. The zero-order chi connectivity index (χ0) is 11.4. The van der Waals surface area contributed by atoms with Crippen LogP contribution in [0.1, 0.15) is 26.7 Å². The fraction of sp³-hybridized carbons (Fsp3) is 0.909. The van der Waals surface area contributed by atoms with E-state index in [1.165, 1.54) is 0 Å². The second-order valence-electron chi connectivity index (χ2n) is 4.54. The van der Waals surface area contributed by atoms with E-state index in [9.17, 15) is 4.79 Å². The SMILES string of the molecule is CCCC1NCC(=O)N1CC(C)N(C)C. The van der Waals surface area contributed by atoms with E-state index >= 15 is 0 Å². The number of hydrogen-bond donors (Lipinski definition) is 1. The molecular formula is C11H23N3O. The van der Waals surface area contributed by atoms with E-state index in [1.54, 1.807) is 0 Å². The van der Waals surface area contributed by atoms with Gasteiger partial charge in [-0.2, -0.15) is 0 Å². The van der Waals surface area contributed by atoms with Crippen molar-refractivity contribution in [3.8, 4) is 0 Å². The summed E-state index contributed by atoms with van der Waals surface area (Å²) < 4.78 is 0. The first-order valence-electron chi connectivity index (χ1n) is 5.75. The maximum absolute atomic E-state index is 11.7. The molecule has 0 saturated carbocycles. The second-order valence-corrected chi connectivity index (χ2v) is 4.54. The molecule has 4 nitrogen and oxygen atoms in total. The largest absolute Gasteiger partial charge is 0.324 e. The van der Waals surface area contributed by atoms with Crippen LogP contribution in [0.3, 0.4) is 0 Å².